The van der Waals surface area contributed by atoms with Gasteiger partial charge in [0.2, 0.25) is 12.7 Å². The number of nitrogens with two attached hydrogens (primary N) is 1. The van der Waals surface area contributed by atoms with Gasteiger partial charge < -0.3 is 20.5 Å². The Morgan fingerprint density at radius 3 is 2.81 bits per heavy atom. The van der Waals surface area contributed by atoms with E-state index in [1.807, 2.05) is 6.07 Å². The van der Waals surface area contributed by atoms with Crippen LogP contribution in [0.1, 0.15) is 12.0 Å². The van der Waals surface area contributed by atoms with Gasteiger partial charge in [-0.15, -0.1) is 0 Å². The van der Waals surface area contributed by atoms with Gasteiger partial charge in [0.05, 0.1) is 11.8 Å². The predicted octanol–water partition coefficient (Wildman–Crippen LogP) is -0.206. The first-order valence-electron chi connectivity index (χ1n) is 6.45. The SMILES string of the molecule is CS(=O)(=O)CCC(N)C(=O)NCc1ccc2c(c1)OCO2. The predicted molar refractivity (Wildman–Crippen MR) is 76.7 cm³/mol. The van der Waals surface area contributed by atoms with E-state index in [2.05, 4.69) is 5.32 Å². The number of hydrogen-bond acceptors (Lipinski definition) is 6. The molecule has 0 saturated heterocycles. The molecule has 0 bridgehead atoms. The van der Waals surface area contributed by atoms with Crippen molar-refractivity contribution in [2.45, 2.75) is 19.0 Å². The minimum atomic E-state index is -3.12. The largest absolute Gasteiger partial charge is 0.454 e. The summed E-state index contributed by atoms with van der Waals surface area (Å²) in [5.41, 5.74) is 6.51. The van der Waals surface area contributed by atoms with Crippen molar-refractivity contribution >= 4 is 15.7 Å². The molecule has 0 radical (unpaired) electrons. The van der Waals surface area contributed by atoms with Gasteiger partial charge in [-0.2, -0.15) is 0 Å². The highest BCUT2D eigenvalue weighted by molar-refractivity contribution is 7.90. The zero-order valence-corrected chi connectivity index (χ0v) is 12.5. The van der Waals surface area contributed by atoms with Crippen LogP contribution in [0, 0.1) is 0 Å². The van der Waals surface area contributed by atoms with Crippen molar-refractivity contribution in [3.05, 3.63) is 23.8 Å². The molecule has 1 amide bonds. The van der Waals surface area contributed by atoms with Gasteiger partial charge in [-0.1, -0.05) is 6.07 Å². The fourth-order valence-corrected chi connectivity index (χ4v) is 2.53. The van der Waals surface area contributed by atoms with Crippen LogP contribution in [0.4, 0.5) is 0 Å². The number of rotatable bonds is 6. The molecular formula is C13H18N2O5S. The molecule has 1 unspecified atom stereocenters. The first-order chi connectivity index (χ1) is 9.85. The quantitative estimate of drug-likeness (QED) is 0.752. The molecule has 116 valence electrons. The summed E-state index contributed by atoms with van der Waals surface area (Å²) < 4.78 is 32.5. The summed E-state index contributed by atoms with van der Waals surface area (Å²) in [5, 5.41) is 2.67. The number of hydrogen-bond donors (Lipinski definition) is 2. The van der Waals surface area contributed by atoms with Crippen molar-refractivity contribution in [2.75, 3.05) is 18.8 Å². The number of carbonyl (C=O) groups is 1. The lowest BCUT2D eigenvalue weighted by Gasteiger charge is -2.12. The standard InChI is InChI=1S/C13H18N2O5S/c1-21(17,18)5-4-10(14)13(16)15-7-9-2-3-11-12(6-9)20-8-19-11/h2-3,6,10H,4-5,7-8,14H2,1H3,(H,15,16). The molecule has 1 aromatic rings. The zero-order chi connectivity index (χ0) is 15.5. The van der Waals surface area contributed by atoms with Crippen LogP contribution in [0.15, 0.2) is 18.2 Å². The molecule has 1 atom stereocenters. The molecule has 1 aliphatic heterocycles. The summed E-state index contributed by atoms with van der Waals surface area (Å²) in [6.45, 7) is 0.490. The molecule has 0 saturated carbocycles. The van der Waals surface area contributed by atoms with E-state index in [9.17, 15) is 13.2 Å². The first kappa shape index (κ1) is 15.6. The molecule has 21 heavy (non-hydrogen) atoms. The van der Waals surface area contributed by atoms with Gasteiger partial charge in [0.15, 0.2) is 11.5 Å². The Kier molecular flexibility index (Phi) is 4.69. The van der Waals surface area contributed by atoms with Gasteiger partial charge >= 0.3 is 0 Å². The van der Waals surface area contributed by atoms with Gasteiger partial charge in [-0.05, 0) is 24.1 Å². The van der Waals surface area contributed by atoms with Crippen LogP contribution in [0.3, 0.4) is 0 Å². The summed E-state index contributed by atoms with van der Waals surface area (Å²) >= 11 is 0. The first-order valence-corrected chi connectivity index (χ1v) is 8.51. The maximum atomic E-state index is 11.8. The highest BCUT2D eigenvalue weighted by atomic mass is 32.2. The Balaban J connectivity index is 1.83. The molecule has 3 N–H and O–H groups in total. The maximum Gasteiger partial charge on any atom is 0.237 e. The fraction of sp³-hybridized carbons (Fsp3) is 0.462. The number of benzene rings is 1. The van der Waals surface area contributed by atoms with Crippen LogP contribution in [-0.4, -0.2) is 39.2 Å². The van der Waals surface area contributed by atoms with Crippen LogP contribution in [0.5, 0.6) is 11.5 Å². The number of amides is 1. The highest BCUT2D eigenvalue weighted by Gasteiger charge is 2.17. The lowest BCUT2D eigenvalue weighted by Crippen LogP contribution is -2.41. The lowest BCUT2D eigenvalue weighted by atomic mass is 10.2. The van der Waals surface area contributed by atoms with Crippen molar-refractivity contribution in [2.24, 2.45) is 5.73 Å². The Hall–Kier alpha value is -1.80. The molecule has 1 aromatic carbocycles. The Morgan fingerprint density at radius 1 is 1.38 bits per heavy atom. The zero-order valence-electron chi connectivity index (χ0n) is 11.7. The third-order valence-electron chi connectivity index (χ3n) is 3.04. The van der Waals surface area contributed by atoms with E-state index in [-0.39, 0.29) is 24.9 Å². The smallest absolute Gasteiger partial charge is 0.237 e. The van der Waals surface area contributed by atoms with Crippen LogP contribution in [-0.2, 0) is 21.2 Å². The van der Waals surface area contributed by atoms with E-state index in [4.69, 9.17) is 15.2 Å². The van der Waals surface area contributed by atoms with Gasteiger partial charge in [-0.3, -0.25) is 4.79 Å². The second kappa shape index (κ2) is 6.31. The van der Waals surface area contributed by atoms with E-state index in [0.717, 1.165) is 11.8 Å². The average molecular weight is 314 g/mol. The topological polar surface area (TPSA) is 108 Å². The monoisotopic (exact) mass is 314 g/mol. The minimum Gasteiger partial charge on any atom is -0.454 e. The summed E-state index contributed by atoms with van der Waals surface area (Å²) in [4.78, 5) is 11.8. The van der Waals surface area contributed by atoms with Gasteiger partial charge in [0.25, 0.3) is 0 Å². The number of fused-ring (bicyclic) bond motifs is 1. The molecule has 2 rings (SSSR count). The third-order valence-corrected chi connectivity index (χ3v) is 4.02. The van der Waals surface area contributed by atoms with Gasteiger partial charge in [-0.25, -0.2) is 8.42 Å². The van der Waals surface area contributed by atoms with Crippen LogP contribution in [0.2, 0.25) is 0 Å². The fourth-order valence-electron chi connectivity index (χ4n) is 1.84. The number of sulfone groups is 1. The number of ether oxygens (including phenoxy) is 2. The van der Waals surface area contributed by atoms with Crippen molar-refractivity contribution in [1.29, 1.82) is 0 Å². The lowest BCUT2D eigenvalue weighted by molar-refractivity contribution is -0.122. The third kappa shape index (κ3) is 4.61. The Bertz CT molecular complexity index is 629. The normalized spacial score (nSPS) is 14.8. The number of nitrogens with one attached hydrogen (secondary N) is 1. The molecular weight excluding hydrogens is 296 g/mol. The Labute approximate surface area is 123 Å². The van der Waals surface area contributed by atoms with Gasteiger partial charge in [0.1, 0.15) is 9.84 Å². The molecule has 8 heteroatoms. The average Bonchev–Trinajstić information content (AvgIpc) is 2.88. The summed E-state index contributed by atoms with van der Waals surface area (Å²) in [5.74, 6) is 0.834. The second-order valence-corrected chi connectivity index (χ2v) is 7.19. The summed E-state index contributed by atoms with van der Waals surface area (Å²) in [6.07, 6.45) is 1.22. The number of carbonyl (C=O) groups excluding carboxylic acids is 1. The van der Waals surface area contributed by atoms with Crippen molar-refractivity contribution in [3.8, 4) is 11.5 Å². The molecule has 0 fully saturated rings. The molecule has 7 nitrogen and oxygen atoms in total. The highest BCUT2D eigenvalue weighted by Crippen LogP contribution is 2.32. The van der Waals surface area contributed by atoms with Crippen molar-refractivity contribution in [3.63, 3.8) is 0 Å². The van der Waals surface area contributed by atoms with E-state index in [0.29, 0.717) is 18.0 Å². The minimum absolute atomic E-state index is 0.103. The van der Waals surface area contributed by atoms with Crippen LogP contribution < -0.4 is 20.5 Å². The van der Waals surface area contributed by atoms with Crippen LogP contribution >= 0.6 is 0 Å². The van der Waals surface area contributed by atoms with E-state index < -0.39 is 15.9 Å². The van der Waals surface area contributed by atoms with Gasteiger partial charge in [0, 0.05) is 12.8 Å². The van der Waals surface area contributed by atoms with Crippen LogP contribution in [0.25, 0.3) is 0 Å². The molecule has 0 spiro atoms. The molecule has 1 aliphatic rings. The van der Waals surface area contributed by atoms with E-state index in [1.54, 1.807) is 12.1 Å². The molecule has 0 aromatic heterocycles. The summed E-state index contributed by atoms with van der Waals surface area (Å²) in [7, 11) is -3.12. The van der Waals surface area contributed by atoms with E-state index >= 15 is 0 Å². The molecule has 0 aliphatic carbocycles. The van der Waals surface area contributed by atoms with Crippen molar-refractivity contribution < 1.29 is 22.7 Å². The Morgan fingerprint density at radius 2 is 2.10 bits per heavy atom. The molecule has 1 heterocycles. The second-order valence-electron chi connectivity index (χ2n) is 4.93. The van der Waals surface area contributed by atoms with E-state index in [1.165, 1.54) is 0 Å². The maximum absolute atomic E-state index is 11.8. The van der Waals surface area contributed by atoms with Crippen molar-refractivity contribution in [1.82, 2.24) is 5.32 Å². The summed E-state index contributed by atoms with van der Waals surface area (Å²) in [6, 6.07) is 4.53.